The molecule has 0 rings (SSSR count). The summed E-state index contributed by atoms with van der Waals surface area (Å²) in [5.74, 6) is 0. The summed E-state index contributed by atoms with van der Waals surface area (Å²) < 4.78 is 15.1. The van der Waals surface area contributed by atoms with Gasteiger partial charge in [-0.3, -0.25) is 4.52 Å². The van der Waals surface area contributed by atoms with Gasteiger partial charge in [0.25, 0.3) is 0 Å². The second-order valence-electron chi connectivity index (χ2n) is 3.32. The van der Waals surface area contributed by atoms with E-state index in [1.165, 1.54) is 13.8 Å². The van der Waals surface area contributed by atoms with Gasteiger partial charge in [-0.25, -0.2) is 4.57 Å². The molecule has 0 aromatic rings. The van der Waals surface area contributed by atoms with Crippen LogP contribution < -0.4 is 0 Å². The van der Waals surface area contributed by atoms with Gasteiger partial charge in [0, 0.05) is 0 Å². The van der Waals surface area contributed by atoms with Crippen LogP contribution in [0.3, 0.4) is 0 Å². The van der Waals surface area contributed by atoms with E-state index in [0.717, 1.165) is 0 Å². The maximum atomic E-state index is 10.6. The zero-order valence-electron chi connectivity index (χ0n) is 8.10. The summed E-state index contributed by atoms with van der Waals surface area (Å²) in [7, 11) is -4.53. The van der Waals surface area contributed by atoms with Gasteiger partial charge in [0.05, 0.1) is 6.10 Å². The number of aliphatic hydroxyl groups is 1. The molecule has 0 amide bonds. The first-order valence-electron chi connectivity index (χ1n) is 4.15. The summed E-state index contributed by atoms with van der Waals surface area (Å²) in [6.45, 7) is 4.79. The summed E-state index contributed by atoms with van der Waals surface area (Å²) in [6, 6.07) is 0. The Morgan fingerprint density at radius 3 is 2.23 bits per heavy atom. The number of hydrogen-bond donors (Lipinski definition) is 3. The molecule has 2 atom stereocenters. The monoisotopic (exact) mass is 212 g/mol. The van der Waals surface area contributed by atoms with Gasteiger partial charge in [0.2, 0.25) is 0 Å². The van der Waals surface area contributed by atoms with Crippen molar-refractivity contribution in [2.45, 2.75) is 45.3 Å². The molecule has 2 unspecified atom stereocenters. The Hall–Kier alpha value is 0.0700. The van der Waals surface area contributed by atoms with Crippen molar-refractivity contribution in [1.82, 2.24) is 0 Å². The molecule has 0 heterocycles. The van der Waals surface area contributed by atoms with Gasteiger partial charge in [-0.15, -0.1) is 0 Å². The summed E-state index contributed by atoms with van der Waals surface area (Å²) >= 11 is 0. The first kappa shape index (κ1) is 13.1. The highest BCUT2D eigenvalue weighted by atomic mass is 31.2. The van der Waals surface area contributed by atoms with Crippen molar-refractivity contribution in [3.8, 4) is 0 Å². The highest BCUT2D eigenvalue weighted by molar-refractivity contribution is 7.46. The van der Waals surface area contributed by atoms with Crippen LogP contribution in [-0.4, -0.2) is 26.6 Å². The van der Waals surface area contributed by atoms with Crippen molar-refractivity contribution in [2.75, 3.05) is 0 Å². The quantitative estimate of drug-likeness (QED) is 0.592. The van der Waals surface area contributed by atoms with Gasteiger partial charge in [0.1, 0.15) is 5.60 Å². The van der Waals surface area contributed by atoms with Crippen molar-refractivity contribution in [3.05, 3.63) is 0 Å². The average molecular weight is 212 g/mol. The van der Waals surface area contributed by atoms with Gasteiger partial charge in [-0.2, -0.15) is 0 Å². The Morgan fingerprint density at radius 2 is 2.00 bits per heavy atom. The molecule has 0 saturated carbocycles. The lowest BCUT2D eigenvalue weighted by Crippen LogP contribution is -2.39. The fourth-order valence-corrected chi connectivity index (χ4v) is 1.89. The molecule has 6 heteroatoms. The molecular weight excluding hydrogens is 195 g/mol. The lowest BCUT2D eigenvalue weighted by molar-refractivity contribution is -0.0536. The van der Waals surface area contributed by atoms with Crippen LogP contribution in [0.25, 0.3) is 0 Å². The largest absolute Gasteiger partial charge is 0.470 e. The van der Waals surface area contributed by atoms with E-state index in [9.17, 15) is 9.67 Å². The van der Waals surface area contributed by atoms with E-state index < -0.39 is 19.5 Å². The summed E-state index contributed by atoms with van der Waals surface area (Å²) in [5, 5.41) is 9.30. The highest BCUT2D eigenvalue weighted by Gasteiger charge is 2.36. The van der Waals surface area contributed by atoms with E-state index in [2.05, 4.69) is 4.52 Å². The standard InChI is InChI=1S/C7H17O5P/c1-4-5-7(3,6(2)8)12-13(9,10)11/h6,8H,4-5H2,1-3H3,(H2,9,10,11). The van der Waals surface area contributed by atoms with Crippen molar-refractivity contribution >= 4 is 7.82 Å². The second-order valence-corrected chi connectivity index (χ2v) is 4.48. The molecule has 0 fully saturated rings. The first-order valence-corrected chi connectivity index (χ1v) is 5.68. The molecule has 0 aromatic carbocycles. The molecule has 80 valence electrons. The van der Waals surface area contributed by atoms with Crippen molar-refractivity contribution in [3.63, 3.8) is 0 Å². The molecule has 0 aliphatic carbocycles. The Kier molecular flexibility index (Phi) is 4.55. The summed E-state index contributed by atoms with van der Waals surface area (Å²) in [4.78, 5) is 17.2. The Morgan fingerprint density at radius 1 is 1.54 bits per heavy atom. The average Bonchev–Trinajstić information content (AvgIpc) is 1.82. The molecule has 0 radical (unpaired) electrons. The van der Waals surface area contributed by atoms with Gasteiger partial charge >= 0.3 is 7.82 Å². The summed E-state index contributed by atoms with van der Waals surface area (Å²) in [6.07, 6.45) is 0.164. The zero-order valence-corrected chi connectivity index (χ0v) is 8.99. The number of phosphoric ester groups is 1. The Labute approximate surface area is 78.0 Å². The first-order chi connectivity index (χ1) is 5.71. The van der Waals surface area contributed by atoms with Crippen LogP contribution in [0.4, 0.5) is 0 Å². The van der Waals surface area contributed by atoms with Crippen LogP contribution >= 0.6 is 7.82 Å². The maximum Gasteiger partial charge on any atom is 0.470 e. The normalized spacial score (nSPS) is 19.5. The SMILES string of the molecule is CCCC(C)(OP(=O)(O)O)C(C)O. The highest BCUT2D eigenvalue weighted by Crippen LogP contribution is 2.44. The predicted molar refractivity (Wildman–Crippen MR) is 48.1 cm³/mol. The zero-order chi connectivity index (χ0) is 10.7. The van der Waals surface area contributed by atoms with Gasteiger partial charge in [-0.1, -0.05) is 13.3 Å². The van der Waals surface area contributed by atoms with E-state index in [0.29, 0.717) is 12.8 Å². The van der Waals surface area contributed by atoms with Crippen LogP contribution in [0.15, 0.2) is 0 Å². The number of rotatable bonds is 5. The van der Waals surface area contributed by atoms with E-state index in [-0.39, 0.29) is 0 Å². The maximum absolute atomic E-state index is 10.6. The predicted octanol–water partition coefficient (Wildman–Crippen LogP) is 1.04. The fraction of sp³-hybridized carbons (Fsp3) is 1.00. The van der Waals surface area contributed by atoms with E-state index in [4.69, 9.17) is 9.79 Å². The molecule has 0 bridgehead atoms. The minimum atomic E-state index is -4.53. The molecule has 0 aliphatic heterocycles. The lowest BCUT2D eigenvalue weighted by atomic mass is 9.95. The number of hydrogen-bond acceptors (Lipinski definition) is 3. The number of phosphoric acid groups is 1. The molecule has 13 heavy (non-hydrogen) atoms. The minimum absolute atomic E-state index is 0.399. The lowest BCUT2D eigenvalue weighted by Gasteiger charge is -2.32. The molecule has 0 aliphatic rings. The third-order valence-corrected chi connectivity index (χ3v) is 2.61. The second kappa shape index (κ2) is 4.53. The fourth-order valence-electron chi connectivity index (χ4n) is 1.10. The molecule has 3 N–H and O–H groups in total. The molecule has 5 nitrogen and oxygen atoms in total. The minimum Gasteiger partial charge on any atom is -0.390 e. The number of aliphatic hydroxyl groups excluding tert-OH is 1. The van der Waals surface area contributed by atoms with Crippen molar-refractivity contribution in [1.29, 1.82) is 0 Å². The van der Waals surface area contributed by atoms with E-state index >= 15 is 0 Å². The summed E-state index contributed by atoms with van der Waals surface area (Å²) in [5.41, 5.74) is -1.17. The Bertz CT molecular complexity index is 199. The van der Waals surface area contributed by atoms with Gasteiger partial charge < -0.3 is 14.9 Å². The van der Waals surface area contributed by atoms with Crippen molar-refractivity contribution < 1.29 is 24.0 Å². The smallest absolute Gasteiger partial charge is 0.390 e. The van der Waals surface area contributed by atoms with Crippen LogP contribution in [0.2, 0.25) is 0 Å². The third-order valence-electron chi connectivity index (χ3n) is 1.96. The van der Waals surface area contributed by atoms with E-state index in [1.807, 2.05) is 6.92 Å². The van der Waals surface area contributed by atoms with Crippen molar-refractivity contribution in [2.24, 2.45) is 0 Å². The molecular formula is C7H17O5P. The molecule has 0 aromatic heterocycles. The topological polar surface area (TPSA) is 87.0 Å². The molecule has 0 spiro atoms. The van der Waals surface area contributed by atoms with Gasteiger partial charge in [-0.05, 0) is 20.3 Å². The third kappa shape index (κ3) is 4.74. The van der Waals surface area contributed by atoms with E-state index in [1.54, 1.807) is 0 Å². The molecule has 0 saturated heterocycles. The van der Waals surface area contributed by atoms with Crippen LogP contribution in [0.5, 0.6) is 0 Å². The van der Waals surface area contributed by atoms with Crippen LogP contribution in [0, 0.1) is 0 Å². The van der Waals surface area contributed by atoms with Crippen LogP contribution in [0.1, 0.15) is 33.6 Å². The van der Waals surface area contributed by atoms with Crippen LogP contribution in [-0.2, 0) is 9.09 Å². The Balaban J connectivity index is 4.51. The van der Waals surface area contributed by atoms with Gasteiger partial charge in [0.15, 0.2) is 0 Å².